The summed E-state index contributed by atoms with van der Waals surface area (Å²) in [6.45, 7) is 0. The van der Waals surface area contributed by atoms with Crippen LogP contribution in [-0.4, -0.2) is 39.4 Å². The van der Waals surface area contributed by atoms with E-state index >= 15 is 0 Å². The first-order valence-corrected chi connectivity index (χ1v) is 6.32. The number of carbonyl (C=O) groups excluding carboxylic acids is 1. The van der Waals surface area contributed by atoms with E-state index in [1.807, 2.05) is 0 Å². The zero-order chi connectivity index (χ0) is 15.6. The van der Waals surface area contributed by atoms with Gasteiger partial charge in [-0.3, -0.25) is 4.98 Å². The molecule has 0 amide bonds. The predicted molar refractivity (Wildman–Crippen MR) is 77.7 cm³/mol. The lowest BCUT2D eigenvalue weighted by atomic mass is 10.1. The Hall–Kier alpha value is -2.21. The van der Waals surface area contributed by atoms with Crippen LogP contribution in [0.2, 0.25) is 5.02 Å². The van der Waals surface area contributed by atoms with E-state index in [0.29, 0.717) is 28.2 Å². The van der Waals surface area contributed by atoms with Gasteiger partial charge in [0.2, 0.25) is 5.75 Å². The Morgan fingerprint density at radius 3 is 2.29 bits per heavy atom. The van der Waals surface area contributed by atoms with Crippen molar-refractivity contribution in [1.29, 1.82) is 0 Å². The zero-order valence-corrected chi connectivity index (χ0v) is 12.8. The molecule has 0 saturated carbocycles. The van der Waals surface area contributed by atoms with Gasteiger partial charge in [-0.1, -0.05) is 11.6 Å². The number of fused-ring (bicyclic) bond motifs is 1. The molecule has 0 aliphatic rings. The minimum absolute atomic E-state index is 0.150. The third-order valence-corrected chi connectivity index (χ3v) is 3.40. The molecule has 0 aliphatic carbocycles. The summed E-state index contributed by atoms with van der Waals surface area (Å²) < 4.78 is 20.6. The molecule has 1 aromatic heterocycles. The lowest BCUT2D eigenvalue weighted by molar-refractivity contribution is 0.0600. The fourth-order valence-electron chi connectivity index (χ4n) is 2.03. The Labute approximate surface area is 126 Å². The Balaban J connectivity index is 2.88. The van der Waals surface area contributed by atoms with Crippen molar-refractivity contribution < 1.29 is 23.7 Å². The summed E-state index contributed by atoms with van der Waals surface area (Å²) in [5.74, 6) is 0.593. The number of benzene rings is 1. The highest BCUT2D eigenvalue weighted by atomic mass is 35.5. The number of nitrogens with zero attached hydrogens (tertiary/aromatic N) is 1. The minimum Gasteiger partial charge on any atom is -0.493 e. The van der Waals surface area contributed by atoms with Gasteiger partial charge in [-0.15, -0.1) is 0 Å². The van der Waals surface area contributed by atoms with Crippen molar-refractivity contribution >= 4 is 28.5 Å². The van der Waals surface area contributed by atoms with E-state index < -0.39 is 5.97 Å². The highest BCUT2D eigenvalue weighted by molar-refractivity contribution is 6.39. The van der Waals surface area contributed by atoms with Crippen molar-refractivity contribution in [2.75, 3.05) is 28.4 Å². The number of pyridine rings is 1. The second-order valence-corrected chi connectivity index (χ2v) is 4.39. The molecule has 6 nitrogen and oxygen atoms in total. The maximum Gasteiger partial charge on any atom is 0.340 e. The van der Waals surface area contributed by atoms with Crippen molar-refractivity contribution in [1.82, 2.24) is 4.98 Å². The average molecular weight is 312 g/mol. The van der Waals surface area contributed by atoms with Gasteiger partial charge < -0.3 is 18.9 Å². The van der Waals surface area contributed by atoms with Gasteiger partial charge in [0.25, 0.3) is 0 Å². The largest absolute Gasteiger partial charge is 0.493 e. The third kappa shape index (κ3) is 2.42. The number of methoxy groups -OCH3 is 4. The summed E-state index contributed by atoms with van der Waals surface area (Å²) in [4.78, 5) is 15.9. The highest BCUT2D eigenvalue weighted by Gasteiger charge is 2.22. The van der Waals surface area contributed by atoms with Crippen LogP contribution in [-0.2, 0) is 4.74 Å². The molecule has 0 atom stereocenters. The van der Waals surface area contributed by atoms with Gasteiger partial charge in [0.1, 0.15) is 0 Å². The fourth-order valence-corrected chi connectivity index (χ4v) is 2.34. The first-order valence-electron chi connectivity index (χ1n) is 5.94. The molecule has 0 saturated heterocycles. The molecule has 112 valence electrons. The third-order valence-electron chi connectivity index (χ3n) is 3.00. The van der Waals surface area contributed by atoms with Crippen LogP contribution in [0.3, 0.4) is 0 Å². The number of carbonyl (C=O) groups is 1. The number of hydrogen-bond acceptors (Lipinski definition) is 6. The highest BCUT2D eigenvalue weighted by Crippen LogP contribution is 2.45. The zero-order valence-electron chi connectivity index (χ0n) is 12.0. The van der Waals surface area contributed by atoms with E-state index in [0.717, 1.165) is 0 Å². The van der Waals surface area contributed by atoms with Gasteiger partial charge in [-0.05, 0) is 0 Å². The average Bonchev–Trinajstić information content (AvgIpc) is 2.52. The Morgan fingerprint density at radius 1 is 1.10 bits per heavy atom. The monoisotopic (exact) mass is 311 g/mol. The van der Waals surface area contributed by atoms with Crippen LogP contribution >= 0.6 is 11.6 Å². The molecule has 0 aliphatic heterocycles. The Kier molecular flexibility index (Phi) is 4.37. The molecular formula is C14H14ClNO5. The van der Waals surface area contributed by atoms with Crippen LogP contribution in [0.15, 0.2) is 12.3 Å². The van der Waals surface area contributed by atoms with Gasteiger partial charge in [0.15, 0.2) is 11.5 Å². The Morgan fingerprint density at radius 2 is 1.76 bits per heavy atom. The quantitative estimate of drug-likeness (QED) is 0.809. The van der Waals surface area contributed by atoms with Gasteiger partial charge in [-0.2, -0.15) is 0 Å². The van der Waals surface area contributed by atoms with Crippen LogP contribution in [0.5, 0.6) is 17.2 Å². The molecule has 1 heterocycles. The molecule has 0 unspecified atom stereocenters. The maximum absolute atomic E-state index is 11.7. The van der Waals surface area contributed by atoms with Gasteiger partial charge in [0, 0.05) is 12.3 Å². The molecule has 21 heavy (non-hydrogen) atoms. The van der Waals surface area contributed by atoms with E-state index in [1.165, 1.54) is 34.6 Å². The molecule has 2 aromatic rings. The van der Waals surface area contributed by atoms with Crippen molar-refractivity contribution in [2.24, 2.45) is 0 Å². The first-order chi connectivity index (χ1) is 10.1. The predicted octanol–water partition coefficient (Wildman–Crippen LogP) is 2.70. The molecule has 0 bridgehead atoms. The SMILES string of the molecule is COC(=O)c1cnc2cc(OC)c(OC)c(OC)c2c1Cl. The summed E-state index contributed by atoms with van der Waals surface area (Å²) in [7, 11) is 5.73. The van der Waals surface area contributed by atoms with E-state index in [4.69, 9.17) is 25.8 Å². The summed E-state index contributed by atoms with van der Waals surface area (Å²) in [5.41, 5.74) is 0.666. The number of esters is 1. The first kappa shape index (κ1) is 15.2. The van der Waals surface area contributed by atoms with Crippen molar-refractivity contribution in [2.45, 2.75) is 0 Å². The normalized spacial score (nSPS) is 10.3. The molecule has 0 spiro atoms. The van der Waals surface area contributed by atoms with Gasteiger partial charge in [0.05, 0.1) is 49.9 Å². The van der Waals surface area contributed by atoms with E-state index in [9.17, 15) is 4.79 Å². The van der Waals surface area contributed by atoms with Crippen LogP contribution < -0.4 is 14.2 Å². The maximum atomic E-state index is 11.7. The van der Waals surface area contributed by atoms with Crippen LogP contribution in [0.25, 0.3) is 10.9 Å². The lowest BCUT2D eigenvalue weighted by Gasteiger charge is -2.15. The van der Waals surface area contributed by atoms with Crippen molar-refractivity contribution in [3.05, 3.63) is 22.8 Å². The molecule has 0 radical (unpaired) electrons. The smallest absolute Gasteiger partial charge is 0.340 e. The van der Waals surface area contributed by atoms with Gasteiger partial charge in [-0.25, -0.2) is 4.79 Å². The molecule has 0 N–H and O–H groups in total. The number of aromatic nitrogens is 1. The van der Waals surface area contributed by atoms with Crippen LogP contribution in [0.1, 0.15) is 10.4 Å². The summed E-state index contributed by atoms with van der Waals surface area (Å²) in [6.07, 6.45) is 1.35. The second kappa shape index (κ2) is 6.05. The number of ether oxygens (including phenoxy) is 4. The lowest BCUT2D eigenvalue weighted by Crippen LogP contribution is -2.04. The number of halogens is 1. The van der Waals surface area contributed by atoms with E-state index in [-0.39, 0.29) is 10.6 Å². The number of rotatable bonds is 4. The van der Waals surface area contributed by atoms with Gasteiger partial charge >= 0.3 is 5.97 Å². The summed E-state index contributed by atoms with van der Waals surface area (Å²) in [5, 5.41) is 0.643. The molecule has 1 aromatic carbocycles. The molecule has 7 heteroatoms. The van der Waals surface area contributed by atoms with Crippen LogP contribution in [0.4, 0.5) is 0 Å². The summed E-state index contributed by atoms with van der Waals surface area (Å²) in [6, 6.07) is 1.66. The van der Waals surface area contributed by atoms with E-state index in [2.05, 4.69) is 9.72 Å². The molecule has 2 rings (SSSR count). The van der Waals surface area contributed by atoms with Crippen LogP contribution in [0, 0.1) is 0 Å². The van der Waals surface area contributed by atoms with Crippen molar-refractivity contribution in [3.63, 3.8) is 0 Å². The topological polar surface area (TPSA) is 66.9 Å². The summed E-state index contributed by atoms with van der Waals surface area (Å²) >= 11 is 6.31. The fraction of sp³-hybridized carbons (Fsp3) is 0.286. The standard InChI is InChI=1S/C14H14ClNO5/c1-18-9-5-8-10(13(20-3)12(9)19-2)11(15)7(6-16-8)14(17)21-4/h5-6H,1-4H3. The van der Waals surface area contributed by atoms with E-state index in [1.54, 1.807) is 6.07 Å². The molecule has 0 fully saturated rings. The Bertz CT molecular complexity index is 702. The minimum atomic E-state index is -0.578. The number of hydrogen-bond donors (Lipinski definition) is 0. The van der Waals surface area contributed by atoms with Crippen molar-refractivity contribution in [3.8, 4) is 17.2 Å². The molecular weight excluding hydrogens is 298 g/mol. The second-order valence-electron chi connectivity index (χ2n) is 4.02.